The highest BCUT2D eigenvalue weighted by molar-refractivity contribution is 8.00. The molecule has 2 aromatic rings. The van der Waals surface area contributed by atoms with Gasteiger partial charge in [-0.2, -0.15) is 9.36 Å². The number of carboxylic acid groups (broad SMARTS) is 2. The fraction of sp³-hybridized carbons (Fsp3) is 0.417. The monoisotopic (exact) mass is 587 g/mol. The van der Waals surface area contributed by atoms with Crippen molar-refractivity contribution in [2.75, 3.05) is 11.5 Å². The van der Waals surface area contributed by atoms with E-state index in [1.165, 1.54) is 11.8 Å². The molecule has 4 heterocycles. The van der Waals surface area contributed by atoms with Crippen LogP contribution in [0.5, 0.6) is 0 Å². The highest BCUT2D eigenvalue weighted by atomic mass is 32.2. The molecule has 0 aromatic carbocycles. The minimum atomic E-state index is -1.52. The van der Waals surface area contributed by atoms with Crippen LogP contribution in [0.25, 0.3) is 0 Å². The van der Waals surface area contributed by atoms with E-state index < -0.39 is 35.2 Å². The summed E-state index contributed by atoms with van der Waals surface area (Å²) in [6.45, 7) is 0.115. The summed E-state index contributed by atoms with van der Waals surface area (Å²) in [4.78, 5) is 60.2. The summed E-state index contributed by atoms with van der Waals surface area (Å²) in [5, 5.41) is 27.3. The first-order valence-electron chi connectivity index (χ1n) is 12.4. The highest BCUT2D eigenvalue weighted by Crippen LogP contribution is 2.40. The Balaban J connectivity index is 1.32. The van der Waals surface area contributed by atoms with Gasteiger partial charge >= 0.3 is 5.97 Å². The van der Waals surface area contributed by atoms with Gasteiger partial charge in [0.15, 0.2) is 24.1 Å². The molecule has 3 aliphatic rings. The number of fused-ring (bicyclic) bond motifs is 1. The fourth-order valence-electron chi connectivity index (χ4n) is 4.81. The number of nitrogens with two attached hydrogens (primary N) is 1. The number of hydrogen-bond acceptors (Lipinski definition) is 12. The number of thioether (sulfide) groups is 1. The Labute approximate surface area is 236 Å². The number of carbonyl (C=O) groups is 4. The summed E-state index contributed by atoms with van der Waals surface area (Å²) in [5.74, 6) is -3.66. The fourth-order valence-corrected chi connectivity index (χ4v) is 6.58. The van der Waals surface area contributed by atoms with Crippen molar-refractivity contribution in [2.45, 2.75) is 56.2 Å². The summed E-state index contributed by atoms with van der Waals surface area (Å²) >= 11 is 2.17. The Morgan fingerprint density at radius 3 is 2.77 bits per heavy atom. The molecule has 1 saturated heterocycles. The second kappa shape index (κ2) is 11.6. The number of carboxylic acids is 2. The number of carbonyl (C=O) groups excluding carboxylic acids is 3. The molecule has 16 heteroatoms. The first-order valence-corrected chi connectivity index (χ1v) is 14.3. The van der Waals surface area contributed by atoms with Gasteiger partial charge in [-0.1, -0.05) is 5.16 Å². The van der Waals surface area contributed by atoms with Gasteiger partial charge in [-0.05, 0) is 31.7 Å². The number of anilines is 1. The van der Waals surface area contributed by atoms with Crippen LogP contribution in [0.2, 0.25) is 0 Å². The minimum Gasteiger partial charge on any atom is -0.543 e. The number of aromatic nitrogens is 3. The van der Waals surface area contributed by atoms with E-state index in [1.807, 2.05) is 0 Å². The lowest BCUT2D eigenvalue weighted by Crippen LogP contribution is -2.71. The number of rotatable bonds is 10. The molecule has 2 aromatic heterocycles. The normalized spacial score (nSPS) is 21.1. The van der Waals surface area contributed by atoms with Gasteiger partial charge in [-0.15, -0.1) is 11.8 Å². The maximum absolute atomic E-state index is 13.2. The zero-order valence-corrected chi connectivity index (χ0v) is 22.7. The van der Waals surface area contributed by atoms with Crippen molar-refractivity contribution in [3.05, 3.63) is 47.2 Å². The van der Waals surface area contributed by atoms with Crippen molar-refractivity contribution >= 4 is 57.9 Å². The van der Waals surface area contributed by atoms with E-state index in [0.717, 1.165) is 42.1 Å². The zero-order chi connectivity index (χ0) is 28.4. The SMILES string of the molecule is Nc1nc(/C(=N/OC2CCCC2)C(=O)NC2C(=O)N3C(C(=O)[O-])=C(C[n+]4cccc(CC(=O)O)c4)CS[C@H]23)ns1. The lowest BCUT2D eigenvalue weighted by molar-refractivity contribution is -0.689. The number of hydrogen-bond donors (Lipinski definition) is 3. The summed E-state index contributed by atoms with van der Waals surface area (Å²) in [6.07, 6.45) is 6.58. The topological polar surface area (TPSA) is 204 Å². The van der Waals surface area contributed by atoms with E-state index >= 15 is 0 Å². The number of oxime groups is 1. The second-order valence-electron chi connectivity index (χ2n) is 9.46. The molecule has 40 heavy (non-hydrogen) atoms. The van der Waals surface area contributed by atoms with Gasteiger partial charge in [-0.25, -0.2) is 4.57 Å². The molecule has 5 rings (SSSR count). The Hall–Kier alpha value is -4.05. The Kier molecular flexibility index (Phi) is 7.97. The number of nitrogen functional groups attached to an aromatic ring is 1. The number of nitrogens with one attached hydrogen (secondary N) is 1. The molecule has 2 amide bonds. The first kappa shape index (κ1) is 27.5. The van der Waals surface area contributed by atoms with Gasteiger partial charge in [-0.3, -0.25) is 19.3 Å². The van der Waals surface area contributed by atoms with Crippen molar-refractivity contribution in [3.8, 4) is 0 Å². The quantitative estimate of drug-likeness (QED) is 0.130. The largest absolute Gasteiger partial charge is 0.543 e. The minimum absolute atomic E-state index is 0.0299. The molecule has 1 aliphatic carbocycles. The maximum atomic E-state index is 13.2. The van der Waals surface area contributed by atoms with Crippen molar-refractivity contribution in [1.82, 2.24) is 19.6 Å². The van der Waals surface area contributed by atoms with Crippen LogP contribution in [0.4, 0.5) is 5.13 Å². The molecule has 1 unspecified atom stereocenters. The van der Waals surface area contributed by atoms with Crippen LogP contribution in [0, 0.1) is 0 Å². The molecular formula is C24H25N7O7S2. The summed E-state index contributed by atoms with van der Waals surface area (Å²) in [7, 11) is 0. The van der Waals surface area contributed by atoms with Crippen molar-refractivity contribution in [2.24, 2.45) is 5.16 Å². The third-order valence-electron chi connectivity index (χ3n) is 6.64. The average molecular weight is 588 g/mol. The second-order valence-corrected chi connectivity index (χ2v) is 11.4. The van der Waals surface area contributed by atoms with E-state index in [9.17, 15) is 24.3 Å². The van der Waals surface area contributed by atoms with Crippen LogP contribution in [0.3, 0.4) is 0 Å². The predicted octanol–water partition coefficient (Wildman–Crippen LogP) is -1.20. The van der Waals surface area contributed by atoms with Crippen molar-refractivity contribution in [1.29, 1.82) is 0 Å². The van der Waals surface area contributed by atoms with Crippen LogP contribution < -0.4 is 20.7 Å². The number of pyridine rings is 1. The number of β-lactam (4-membered cyclic amide) rings is 1. The van der Waals surface area contributed by atoms with Crippen molar-refractivity contribution < 1.29 is 38.8 Å². The van der Waals surface area contributed by atoms with E-state index in [2.05, 4.69) is 19.8 Å². The molecule has 1 saturated carbocycles. The van der Waals surface area contributed by atoms with Crippen LogP contribution >= 0.6 is 23.3 Å². The van der Waals surface area contributed by atoms with Crippen molar-refractivity contribution in [3.63, 3.8) is 0 Å². The van der Waals surface area contributed by atoms with E-state index in [4.69, 9.17) is 15.7 Å². The first-order chi connectivity index (χ1) is 19.2. The Morgan fingerprint density at radius 1 is 1.32 bits per heavy atom. The molecule has 210 valence electrons. The molecule has 0 bridgehead atoms. The molecule has 0 radical (unpaired) electrons. The molecule has 2 aliphatic heterocycles. The summed E-state index contributed by atoms with van der Waals surface area (Å²) in [6, 6.07) is 2.30. The maximum Gasteiger partial charge on any atom is 0.308 e. The molecular weight excluding hydrogens is 562 g/mol. The van der Waals surface area contributed by atoms with E-state index in [0.29, 0.717) is 11.1 Å². The van der Waals surface area contributed by atoms with E-state index in [1.54, 1.807) is 29.1 Å². The average Bonchev–Trinajstić information content (AvgIpc) is 3.59. The molecule has 2 fully saturated rings. The molecule has 2 atom stereocenters. The van der Waals surface area contributed by atoms with Crippen LogP contribution in [0.1, 0.15) is 37.1 Å². The molecule has 14 nitrogen and oxygen atoms in total. The standard InChI is InChI=1S/C24H25N7O7S2/c25-24-27-19(29-40-24)16(28-38-14-5-1-2-6-14)20(34)26-17-21(35)31-18(23(36)37)13(11-39-22(17)31)10-30-7-3-4-12(9-30)8-15(32)33/h3-4,7,9,14,17,22H,1-2,5-6,8,10-11H2,(H4-,25,26,27,29,32,33,34,36,37)/b28-16-/t17?,22-/m1/s1. The van der Waals surface area contributed by atoms with Crippen LogP contribution in [-0.2, 0) is 37.0 Å². The summed E-state index contributed by atoms with van der Waals surface area (Å²) < 4.78 is 5.70. The summed E-state index contributed by atoms with van der Waals surface area (Å²) in [5.41, 5.74) is 6.16. The Morgan fingerprint density at radius 2 is 2.10 bits per heavy atom. The van der Waals surface area contributed by atoms with Gasteiger partial charge in [0.25, 0.3) is 11.8 Å². The lowest BCUT2D eigenvalue weighted by atomic mass is 10.0. The van der Waals surface area contributed by atoms with Gasteiger partial charge in [0.05, 0.1) is 18.1 Å². The third-order valence-corrected chi connectivity index (χ3v) is 8.52. The molecule has 4 N–H and O–H groups in total. The van der Waals surface area contributed by atoms with Crippen LogP contribution in [0.15, 0.2) is 41.0 Å². The van der Waals surface area contributed by atoms with Gasteiger partial charge in [0.2, 0.25) is 11.5 Å². The Bertz CT molecular complexity index is 1420. The predicted molar refractivity (Wildman–Crippen MR) is 139 cm³/mol. The number of amides is 2. The number of nitrogens with zero attached hydrogens (tertiary/aromatic N) is 5. The van der Waals surface area contributed by atoms with Gasteiger partial charge in [0, 0.05) is 34.5 Å². The highest BCUT2D eigenvalue weighted by Gasteiger charge is 2.53. The van der Waals surface area contributed by atoms with E-state index in [-0.39, 0.29) is 47.2 Å². The third kappa shape index (κ3) is 5.77. The van der Waals surface area contributed by atoms with Gasteiger partial charge in [0.1, 0.15) is 17.5 Å². The smallest absolute Gasteiger partial charge is 0.308 e. The number of aliphatic carboxylic acids is 2. The van der Waals surface area contributed by atoms with Gasteiger partial charge < -0.3 is 30.9 Å². The zero-order valence-electron chi connectivity index (χ0n) is 21.0. The van der Waals surface area contributed by atoms with Crippen LogP contribution in [-0.4, -0.2) is 72.1 Å². The molecule has 0 spiro atoms. The lowest BCUT2D eigenvalue weighted by Gasteiger charge is -2.50.